The highest BCUT2D eigenvalue weighted by atomic mass is 16.1. The van der Waals surface area contributed by atoms with Gasteiger partial charge in [0.1, 0.15) is 5.78 Å². The van der Waals surface area contributed by atoms with Crippen molar-refractivity contribution in [3.05, 3.63) is 11.6 Å². The van der Waals surface area contributed by atoms with Gasteiger partial charge in [0, 0.05) is 17.8 Å². The van der Waals surface area contributed by atoms with Gasteiger partial charge < -0.3 is 0 Å². The Kier molecular flexibility index (Phi) is 5.38. The molecule has 0 N–H and O–H groups in total. The second-order valence-electron chi connectivity index (χ2n) is 14.7. The van der Waals surface area contributed by atoms with Gasteiger partial charge in [-0.1, -0.05) is 54.0 Å². The summed E-state index contributed by atoms with van der Waals surface area (Å²) in [4.78, 5) is 43.5. The molecule has 5 aliphatic carbocycles. The first-order chi connectivity index (χ1) is 16.2. The molecule has 0 aromatic carbocycles. The molecule has 0 heterocycles. The van der Waals surface area contributed by atoms with Crippen molar-refractivity contribution in [3.63, 3.8) is 0 Å². The van der Waals surface area contributed by atoms with Crippen molar-refractivity contribution in [2.45, 2.75) is 118 Å². The van der Waals surface area contributed by atoms with Crippen LogP contribution in [0.15, 0.2) is 16.6 Å². The second-order valence-corrected chi connectivity index (χ2v) is 14.7. The number of Topliss-reactive ketones (excluding diaryl/α,β-unsaturated/α-hetero) is 1. The second kappa shape index (κ2) is 7.50. The van der Waals surface area contributed by atoms with Crippen LogP contribution in [0.1, 0.15) is 113 Å². The lowest BCUT2D eigenvalue weighted by Gasteiger charge is -2.69. The first-order valence-electron chi connectivity index (χ1n) is 14.1. The molecule has 4 nitrogen and oxygen atoms in total. The molecular weight excluding hydrogens is 434 g/mol. The predicted molar refractivity (Wildman–Crippen MR) is 137 cm³/mol. The predicted octanol–water partition coefficient (Wildman–Crippen LogP) is 7.01. The molecule has 5 aliphatic rings. The monoisotopic (exact) mass is 479 g/mol. The molecule has 192 valence electrons. The van der Waals surface area contributed by atoms with E-state index in [1.165, 1.54) is 5.57 Å². The summed E-state index contributed by atoms with van der Waals surface area (Å²) in [6.07, 6.45) is 13.0. The normalized spacial score (nSPS) is 50.6. The Hall–Kier alpha value is -1.54. The Morgan fingerprint density at radius 2 is 1.66 bits per heavy atom. The fraction of sp³-hybridized carbons (Fsp3) is 0.839. The van der Waals surface area contributed by atoms with Gasteiger partial charge in [0.05, 0.1) is 5.54 Å². The third-order valence-electron chi connectivity index (χ3n) is 12.9. The van der Waals surface area contributed by atoms with Crippen LogP contribution >= 0.6 is 0 Å². The summed E-state index contributed by atoms with van der Waals surface area (Å²) in [5, 5.41) is 0. The summed E-state index contributed by atoms with van der Waals surface area (Å²) in [5.74, 6) is 0.948. The Labute approximate surface area is 211 Å². The number of isocyanates is 1. The molecule has 5 rings (SSSR count). The van der Waals surface area contributed by atoms with E-state index in [1.54, 1.807) is 0 Å². The van der Waals surface area contributed by atoms with Crippen LogP contribution in [0, 0.1) is 44.8 Å². The van der Waals surface area contributed by atoms with E-state index >= 15 is 0 Å². The van der Waals surface area contributed by atoms with Crippen LogP contribution in [-0.4, -0.2) is 23.2 Å². The SMILES string of the molecule is CC[C@]1(C)C(=O)CC[C@]2(C)C3=CC(=O)[C@@H]4[C@@H]5CC(C)(C)CC[C@]5(N=C=O)CC[C@@]4(C)[C@]3(C)CC[C@@H]12. The van der Waals surface area contributed by atoms with Crippen LogP contribution in [0.4, 0.5) is 0 Å². The van der Waals surface area contributed by atoms with E-state index in [2.05, 4.69) is 53.5 Å². The minimum Gasteiger partial charge on any atom is -0.299 e. The highest BCUT2D eigenvalue weighted by molar-refractivity contribution is 5.96. The Morgan fingerprint density at radius 3 is 2.31 bits per heavy atom. The lowest BCUT2D eigenvalue weighted by molar-refractivity contribution is -0.165. The summed E-state index contributed by atoms with van der Waals surface area (Å²) in [6.45, 7) is 16.1. The molecule has 0 radical (unpaired) electrons. The molecular formula is C31H45NO3. The van der Waals surface area contributed by atoms with Crippen LogP contribution in [0.2, 0.25) is 0 Å². The molecule has 0 unspecified atom stereocenters. The van der Waals surface area contributed by atoms with Crippen LogP contribution < -0.4 is 0 Å². The fourth-order valence-electron chi connectivity index (χ4n) is 10.3. The van der Waals surface area contributed by atoms with Gasteiger partial charge in [-0.3, -0.25) is 9.59 Å². The number of nitrogens with zero attached hydrogens (tertiary/aromatic N) is 1. The number of aliphatic imine (C=N–C) groups is 1. The number of carbonyl (C=O) groups is 2. The van der Waals surface area contributed by atoms with Crippen molar-refractivity contribution in [3.8, 4) is 0 Å². The Bertz CT molecular complexity index is 1050. The molecule has 4 saturated carbocycles. The number of rotatable bonds is 2. The third kappa shape index (κ3) is 3.04. The first-order valence-corrected chi connectivity index (χ1v) is 14.1. The van der Waals surface area contributed by atoms with Gasteiger partial charge in [-0.25, -0.2) is 4.79 Å². The molecule has 0 amide bonds. The maximum absolute atomic E-state index is 14.3. The zero-order valence-corrected chi connectivity index (χ0v) is 23.1. The van der Waals surface area contributed by atoms with Crippen molar-refractivity contribution in [1.29, 1.82) is 0 Å². The lowest BCUT2D eigenvalue weighted by atomic mass is 9.34. The summed E-state index contributed by atoms with van der Waals surface area (Å²) < 4.78 is 0. The van der Waals surface area contributed by atoms with Gasteiger partial charge in [0.2, 0.25) is 6.08 Å². The number of allylic oxidation sites excluding steroid dienone is 2. The molecule has 4 heteroatoms. The van der Waals surface area contributed by atoms with Gasteiger partial charge in [-0.15, -0.1) is 0 Å². The average molecular weight is 480 g/mol. The minimum atomic E-state index is -0.433. The number of hydrogen-bond donors (Lipinski definition) is 0. The molecule has 0 aliphatic heterocycles. The van der Waals surface area contributed by atoms with Gasteiger partial charge in [-0.05, 0) is 97.4 Å². The summed E-state index contributed by atoms with van der Waals surface area (Å²) in [5.41, 5.74) is 0.389. The third-order valence-corrected chi connectivity index (χ3v) is 12.9. The first kappa shape index (κ1) is 25.1. The standard InChI is InChI=1S/C31H45NO3/c1-8-27(4)22-9-12-29(6)23(28(22,5)11-10-24(27)35)17-21(34)25-20-18-26(2,3)13-15-31(20,32-19-33)16-14-30(25,29)7/h17,20,22,25H,8-16,18H2,1-7H3/t20-,22-,25-,27-,28-,29+,30+,31-/m0/s1. The van der Waals surface area contributed by atoms with E-state index in [9.17, 15) is 14.4 Å². The highest BCUT2D eigenvalue weighted by Gasteiger charge is 2.70. The van der Waals surface area contributed by atoms with Crippen LogP contribution in [0.3, 0.4) is 0 Å². The van der Waals surface area contributed by atoms with Crippen molar-refractivity contribution < 1.29 is 14.4 Å². The van der Waals surface area contributed by atoms with Crippen molar-refractivity contribution in [2.75, 3.05) is 0 Å². The number of hydrogen-bond acceptors (Lipinski definition) is 4. The molecule has 8 atom stereocenters. The average Bonchev–Trinajstić information content (AvgIpc) is 2.79. The largest absolute Gasteiger partial charge is 0.299 e. The lowest BCUT2D eigenvalue weighted by Crippen LogP contribution is -2.66. The topological polar surface area (TPSA) is 63.6 Å². The van der Waals surface area contributed by atoms with Gasteiger partial charge >= 0.3 is 0 Å². The quantitative estimate of drug-likeness (QED) is 0.316. The maximum atomic E-state index is 14.3. The maximum Gasteiger partial charge on any atom is 0.235 e. The molecule has 0 saturated heterocycles. The van der Waals surface area contributed by atoms with E-state index in [4.69, 9.17) is 0 Å². The van der Waals surface area contributed by atoms with Gasteiger partial charge in [0.25, 0.3) is 0 Å². The van der Waals surface area contributed by atoms with Gasteiger partial charge in [0.15, 0.2) is 5.78 Å². The number of ketones is 2. The highest BCUT2D eigenvalue weighted by Crippen LogP contribution is 2.74. The van der Waals surface area contributed by atoms with Crippen molar-refractivity contribution >= 4 is 17.6 Å². The zero-order valence-electron chi connectivity index (χ0n) is 23.1. The van der Waals surface area contributed by atoms with Crippen LogP contribution in [0.5, 0.6) is 0 Å². The molecule has 4 fully saturated rings. The van der Waals surface area contributed by atoms with Crippen molar-refractivity contribution in [2.24, 2.45) is 49.8 Å². The molecule has 35 heavy (non-hydrogen) atoms. The van der Waals surface area contributed by atoms with E-state index in [1.807, 2.05) is 12.2 Å². The molecule has 0 bridgehead atoms. The van der Waals surface area contributed by atoms with Crippen LogP contribution in [0.25, 0.3) is 0 Å². The molecule has 0 aromatic rings. The fourth-order valence-corrected chi connectivity index (χ4v) is 10.3. The van der Waals surface area contributed by atoms with E-state index in [0.717, 1.165) is 57.8 Å². The minimum absolute atomic E-state index is 0.0789. The zero-order chi connectivity index (χ0) is 25.7. The van der Waals surface area contributed by atoms with Crippen LogP contribution in [-0.2, 0) is 14.4 Å². The number of carbonyl (C=O) groups excluding carboxylic acids is 3. The Morgan fingerprint density at radius 1 is 0.971 bits per heavy atom. The van der Waals surface area contributed by atoms with E-state index in [-0.39, 0.29) is 44.7 Å². The Balaban J connectivity index is 1.65. The molecule has 0 spiro atoms. The van der Waals surface area contributed by atoms with E-state index < -0.39 is 5.54 Å². The summed E-state index contributed by atoms with van der Waals surface area (Å²) in [7, 11) is 0. The van der Waals surface area contributed by atoms with E-state index in [0.29, 0.717) is 18.1 Å². The number of fused-ring (bicyclic) bond motifs is 7. The summed E-state index contributed by atoms with van der Waals surface area (Å²) in [6, 6.07) is 0. The molecule has 0 aromatic heterocycles. The van der Waals surface area contributed by atoms with Gasteiger partial charge in [-0.2, -0.15) is 4.99 Å². The van der Waals surface area contributed by atoms with Crippen molar-refractivity contribution in [1.82, 2.24) is 0 Å². The smallest absolute Gasteiger partial charge is 0.235 e. The summed E-state index contributed by atoms with van der Waals surface area (Å²) >= 11 is 0.